The standard InChI is InChI=1S/C12H24N2O4/c1-9(5-6-13-10(16)8-15)14(4)11(17)7-12(2,3)18/h9,15,18H,5-8H2,1-4H3,(H,13,16). The Morgan fingerprint density at radius 3 is 2.39 bits per heavy atom. The van der Waals surface area contributed by atoms with E-state index in [1.165, 1.54) is 0 Å². The van der Waals surface area contributed by atoms with Gasteiger partial charge in [0.2, 0.25) is 11.8 Å². The number of amides is 2. The Morgan fingerprint density at radius 2 is 1.94 bits per heavy atom. The molecule has 18 heavy (non-hydrogen) atoms. The highest BCUT2D eigenvalue weighted by molar-refractivity contribution is 5.77. The van der Waals surface area contributed by atoms with Crippen molar-refractivity contribution in [1.82, 2.24) is 10.2 Å². The van der Waals surface area contributed by atoms with Gasteiger partial charge in [0.15, 0.2) is 0 Å². The lowest BCUT2D eigenvalue weighted by Crippen LogP contribution is -2.41. The summed E-state index contributed by atoms with van der Waals surface area (Å²) >= 11 is 0. The molecule has 3 N–H and O–H groups in total. The molecule has 0 aromatic carbocycles. The number of hydrogen-bond acceptors (Lipinski definition) is 4. The highest BCUT2D eigenvalue weighted by Crippen LogP contribution is 2.11. The highest BCUT2D eigenvalue weighted by atomic mass is 16.3. The van der Waals surface area contributed by atoms with E-state index in [1.54, 1.807) is 25.8 Å². The number of nitrogens with one attached hydrogen (secondary N) is 1. The molecule has 0 aliphatic carbocycles. The molecule has 0 radical (unpaired) electrons. The van der Waals surface area contributed by atoms with Crippen LogP contribution in [0.3, 0.4) is 0 Å². The van der Waals surface area contributed by atoms with E-state index in [9.17, 15) is 14.7 Å². The van der Waals surface area contributed by atoms with Gasteiger partial charge in [-0.25, -0.2) is 0 Å². The molecule has 1 atom stereocenters. The normalized spacial score (nSPS) is 13.0. The molecular weight excluding hydrogens is 236 g/mol. The van der Waals surface area contributed by atoms with Crippen LogP contribution in [0.25, 0.3) is 0 Å². The van der Waals surface area contributed by atoms with Crippen molar-refractivity contribution in [3.05, 3.63) is 0 Å². The lowest BCUT2D eigenvalue weighted by molar-refractivity contribution is -0.135. The van der Waals surface area contributed by atoms with E-state index in [0.29, 0.717) is 13.0 Å². The topological polar surface area (TPSA) is 89.9 Å². The van der Waals surface area contributed by atoms with Gasteiger partial charge in [0.1, 0.15) is 6.61 Å². The Labute approximate surface area is 108 Å². The van der Waals surface area contributed by atoms with Crippen LogP contribution in [0, 0.1) is 0 Å². The summed E-state index contributed by atoms with van der Waals surface area (Å²) in [6, 6.07) is -0.0427. The average Bonchev–Trinajstić information content (AvgIpc) is 2.25. The summed E-state index contributed by atoms with van der Waals surface area (Å²) in [6.07, 6.45) is 0.663. The average molecular weight is 260 g/mol. The first kappa shape index (κ1) is 16.9. The molecule has 2 amide bonds. The summed E-state index contributed by atoms with van der Waals surface area (Å²) in [7, 11) is 1.67. The number of aliphatic hydroxyl groups excluding tert-OH is 1. The predicted molar refractivity (Wildman–Crippen MR) is 67.9 cm³/mol. The summed E-state index contributed by atoms with van der Waals surface area (Å²) in [5, 5.41) is 20.6. The molecule has 0 aromatic rings. The first-order valence-corrected chi connectivity index (χ1v) is 6.03. The van der Waals surface area contributed by atoms with Gasteiger partial charge in [0, 0.05) is 19.6 Å². The van der Waals surface area contributed by atoms with Crippen LogP contribution in [0.15, 0.2) is 0 Å². The quantitative estimate of drug-likeness (QED) is 0.575. The van der Waals surface area contributed by atoms with Gasteiger partial charge in [0.25, 0.3) is 0 Å². The monoisotopic (exact) mass is 260 g/mol. The predicted octanol–water partition coefficient (Wildman–Crippen LogP) is -0.507. The summed E-state index contributed by atoms with van der Waals surface area (Å²) in [5.74, 6) is -0.559. The molecule has 0 heterocycles. The highest BCUT2D eigenvalue weighted by Gasteiger charge is 2.23. The van der Waals surface area contributed by atoms with Crippen LogP contribution in [0.4, 0.5) is 0 Å². The van der Waals surface area contributed by atoms with E-state index in [0.717, 1.165) is 0 Å². The van der Waals surface area contributed by atoms with Crippen molar-refractivity contribution in [2.45, 2.75) is 45.3 Å². The van der Waals surface area contributed by atoms with Crippen LogP contribution in [0.1, 0.15) is 33.6 Å². The van der Waals surface area contributed by atoms with E-state index in [4.69, 9.17) is 5.11 Å². The second kappa shape index (κ2) is 7.33. The molecule has 6 nitrogen and oxygen atoms in total. The SMILES string of the molecule is CC(CCNC(=O)CO)N(C)C(=O)CC(C)(C)O. The largest absolute Gasteiger partial charge is 0.390 e. The van der Waals surface area contributed by atoms with E-state index in [-0.39, 0.29) is 18.4 Å². The number of nitrogens with zero attached hydrogens (tertiary/aromatic N) is 1. The van der Waals surface area contributed by atoms with Gasteiger partial charge in [-0.2, -0.15) is 0 Å². The molecular formula is C12H24N2O4. The maximum atomic E-state index is 11.8. The molecule has 0 aliphatic rings. The molecule has 0 aliphatic heterocycles. The second-order valence-corrected chi connectivity index (χ2v) is 5.14. The maximum absolute atomic E-state index is 11.8. The molecule has 0 spiro atoms. The Kier molecular flexibility index (Phi) is 6.86. The molecule has 6 heteroatoms. The number of carbonyl (C=O) groups is 2. The lowest BCUT2D eigenvalue weighted by Gasteiger charge is -2.28. The fraction of sp³-hybridized carbons (Fsp3) is 0.833. The molecule has 0 saturated carbocycles. The van der Waals surface area contributed by atoms with Gasteiger partial charge < -0.3 is 20.4 Å². The van der Waals surface area contributed by atoms with Crippen molar-refractivity contribution >= 4 is 11.8 Å². The van der Waals surface area contributed by atoms with Crippen LogP contribution >= 0.6 is 0 Å². The summed E-state index contributed by atoms with van der Waals surface area (Å²) in [4.78, 5) is 24.2. The Morgan fingerprint density at radius 1 is 1.39 bits per heavy atom. The number of carbonyl (C=O) groups excluding carboxylic acids is 2. The molecule has 1 unspecified atom stereocenters. The van der Waals surface area contributed by atoms with Crippen LogP contribution in [0.5, 0.6) is 0 Å². The Bertz CT molecular complexity index is 286. The zero-order valence-electron chi connectivity index (χ0n) is 11.6. The zero-order chi connectivity index (χ0) is 14.3. The fourth-order valence-corrected chi connectivity index (χ4v) is 1.41. The maximum Gasteiger partial charge on any atom is 0.245 e. The van der Waals surface area contributed by atoms with Gasteiger partial charge in [0.05, 0.1) is 12.0 Å². The molecule has 0 saturated heterocycles. The number of hydrogen-bond donors (Lipinski definition) is 3. The van der Waals surface area contributed by atoms with Gasteiger partial charge >= 0.3 is 0 Å². The van der Waals surface area contributed by atoms with Gasteiger partial charge in [-0.05, 0) is 27.2 Å². The molecule has 0 rings (SSSR count). The third-order valence-electron chi connectivity index (χ3n) is 2.67. The minimum atomic E-state index is -1.02. The van der Waals surface area contributed by atoms with Crippen LogP contribution in [-0.2, 0) is 9.59 Å². The molecule has 0 aromatic heterocycles. The van der Waals surface area contributed by atoms with Gasteiger partial charge in [-0.15, -0.1) is 0 Å². The van der Waals surface area contributed by atoms with E-state index < -0.39 is 18.1 Å². The number of aliphatic hydroxyl groups is 2. The summed E-state index contributed by atoms with van der Waals surface area (Å²) in [5.41, 5.74) is -1.02. The third kappa shape index (κ3) is 7.24. The zero-order valence-corrected chi connectivity index (χ0v) is 11.6. The van der Waals surface area contributed by atoms with Crippen LogP contribution in [-0.4, -0.2) is 58.8 Å². The third-order valence-corrected chi connectivity index (χ3v) is 2.67. The van der Waals surface area contributed by atoms with Crippen molar-refractivity contribution in [2.24, 2.45) is 0 Å². The van der Waals surface area contributed by atoms with Crippen molar-refractivity contribution < 1.29 is 19.8 Å². The van der Waals surface area contributed by atoms with Crippen molar-refractivity contribution in [1.29, 1.82) is 0 Å². The molecule has 0 fully saturated rings. The van der Waals surface area contributed by atoms with Crippen molar-refractivity contribution in [3.8, 4) is 0 Å². The molecule has 0 bridgehead atoms. The second-order valence-electron chi connectivity index (χ2n) is 5.14. The Hall–Kier alpha value is -1.14. The molecule has 106 valence electrons. The van der Waals surface area contributed by atoms with Gasteiger partial charge in [-0.3, -0.25) is 9.59 Å². The van der Waals surface area contributed by atoms with E-state index in [1.807, 2.05) is 6.92 Å². The van der Waals surface area contributed by atoms with Crippen LogP contribution < -0.4 is 5.32 Å². The minimum absolute atomic E-state index is 0.0427. The van der Waals surface area contributed by atoms with E-state index >= 15 is 0 Å². The summed E-state index contributed by atoms with van der Waals surface area (Å²) in [6.45, 7) is 4.92. The fourth-order valence-electron chi connectivity index (χ4n) is 1.41. The first-order chi connectivity index (χ1) is 8.17. The van der Waals surface area contributed by atoms with E-state index in [2.05, 4.69) is 5.32 Å². The van der Waals surface area contributed by atoms with Crippen LogP contribution in [0.2, 0.25) is 0 Å². The lowest BCUT2D eigenvalue weighted by atomic mass is 10.0. The van der Waals surface area contributed by atoms with Crippen molar-refractivity contribution in [3.63, 3.8) is 0 Å². The smallest absolute Gasteiger partial charge is 0.245 e. The Balaban J connectivity index is 4.06. The van der Waals surface area contributed by atoms with Crippen molar-refractivity contribution in [2.75, 3.05) is 20.2 Å². The summed E-state index contributed by atoms with van der Waals surface area (Å²) < 4.78 is 0. The minimum Gasteiger partial charge on any atom is -0.390 e. The number of rotatable bonds is 7. The van der Waals surface area contributed by atoms with Gasteiger partial charge in [-0.1, -0.05) is 0 Å². The first-order valence-electron chi connectivity index (χ1n) is 6.03.